The van der Waals surface area contributed by atoms with Crippen LogP contribution in [0.25, 0.3) is 10.9 Å². The minimum atomic E-state index is -0.208. The van der Waals surface area contributed by atoms with Gasteiger partial charge in [0.15, 0.2) is 0 Å². The molecule has 1 aromatic carbocycles. The van der Waals surface area contributed by atoms with Crippen LogP contribution in [0.1, 0.15) is 68.4 Å². The van der Waals surface area contributed by atoms with Crippen molar-refractivity contribution in [1.82, 2.24) is 20.9 Å². The molecule has 2 aromatic rings. The Balaban J connectivity index is 1.65. The number of nitrogens with one attached hydrogen (secondary N) is 3. The highest BCUT2D eigenvalue weighted by atomic mass is 16.2. The van der Waals surface area contributed by atoms with Crippen LogP contribution < -0.4 is 16.0 Å². The van der Waals surface area contributed by atoms with Crippen LogP contribution in [0.4, 0.5) is 0 Å². The van der Waals surface area contributed by atoms with Gasteiger partial charge in [-0.3, -0.25) is 19.4 Å². The molecule has 0 saturated heterocycles. The topological polar surface area (TPSA) is 100 Å². The van der Waals surface area contributed by atoms with Crippen molar-refractivity contribution < 1.29 is 14.4 Å². The maximum Gasteiger partial charge on any atom is 0.252 e. The van der Waals surface area contributed by atoms with Crippen LogP contribution in [0.15, 0.2) is 30.3 Å². The fourth-order valence-corrected chi connectivity index (χ4v) is 4.12. The molecule has 0 aliphatic heterocycles. The van der Waals surface area contributed by atoms with Crippen molar-refractivity contribution in [3.63, 3.8) is 0 Å². The Kier molecular flexibility index (Phi) is 7.60. The molecule has 3 amide bonds. The number of hydrogen-bond acceptors (Lipinski definition) is 4. The third-order valence-electron chi connectivity index (χ3n) is 5.75. The molecule has 1 saturated carbocycles. The molecular formula is C24H32N4O3. The van der Waals surface area contributed by atoms with E-state index in [4.69, 9.17) is 4.98 Å². The highest BCUT2D eigenvalue weighted by molar-refractivity contribution is 6.06. The van der Waals surface area contributed by atoms with Crippen molar-refractivity contribution in [2.45, 2.75) is 58.4 Å². The summed E-state index contributed by atoms with van der Waals surface area (Å²) >= 11 is 0. The van der Waals surface area contributed by atoms with Gasteiger partial charge >= 0.3 is 0 Å². The summed E-state index contributed by atoms with van der Waals surface area (Å²) in [6.45, 7) is 5.95. The van der Waals surface area contributed by atoms with E-state index in [9.17, 15) is 14.4 Å². The summed E-state index contributed by atoms with van der Waals surface area (Å²) in [6.07, 6.45) is 3.94. The molecule has 1 aromatic heterocycles. The largest absolute Gasteiger partial charge is 0.354 e. The number of carbonyl (C=O) groups is 3. The molecule has 7 heteroatoms. The Morgan fingerprint density at radius 2 is 1.77 bits per heavy atom. The molecule has 1 aliphatic rings. The normalized spacial score (nSPS) is 18.6. The second-order valence-electron chi connectivity index (χ2n) is 8.67. The molecule has 166 valence electrons. The van der Waals surface area contributed by atoms with Crippen LogP contribution in [0.2, 0.25) is 0 Å². The average Bonchev–Trinajstić information content (AvgIpc) is 2.75. The fraction of sp³-hybridized carbons (Fsp3) is 0.500. The molecule has 0 unspecified atom stereocenters. The number of carbonyl (C=O) groups excluding carboxylic acids is 3. The van der Waals surface area contributed by atoms with Crippen LogP contribution >= 0.6 is 0 Å². The van der Waals surface area contributed by atoms with Crippen LogP contribution in [0, 0.1) is 5.92 Å². The van der Waals surface area contributed by atoms with Crippen LogP contribution in [0.3, 0.4) is 0 Å². The van der Waals surface area contributed by atoms with Crippen molar-refractivity contribution in [3.8, 4) is 0 Å². The first-order valence-electron chi connectivity index (χ1n) is 11.0. The second-order valence-corrected chi connectivity index (χ2v) is 8.67. The van der Waals surface area contributed by atoms with Crippen LogP contribution in [-0.2, 0) is 9.59 Å². The van der Waals surface area contributed by atoms with E-state index in [0.717, 1.165) is 42.3 Å². The Labute approximate surface area is 183 Å². The molecule has 1 aliphatic carbocycles. The zero-order valence-corrected chi connectivity index (χ0v) is 18.5. The van der Waals surface area contributed by atoms with Crippen LogP contribution in [-0.4, -0.2) is 41.8 Å². The van der Waals surface area contributed by atoms with Gasteiger partial charge in [-0.2, -0.15) is 0 Å². The lowest BCUT2D eigenvalue weighted by Crippen LogP contribution is -2.38. The van der Waals surface area contributed by atoms with E-state index in [1.165, 1.54) is 6.92 Å². The highest BCUT2D eigenvalue weighted by Gasteiger charge is 2.25. The monoisotopic (exact) mass is 424 g/mol. The van der Waals surface area contributed by atoms with Gasteiger partial charge in [-0.25, -0.2) is 0 Å². The molecular weight excluding hydrogens is 392 g/mol. The first-order valence-corrected chi connectivity index (χ1v) is 11.0. The first kappa shape index (κ1) is 22.7. The van der Waals surface area contributed by atoms with E-state index < -0.39 is 0 Å². The Morgan fingerprint density at radius 3 is 2.45 bits per heavy atom. The van der Waals surface area contributed by atoms with Gasteiger partial charge in [-0.05, 0) is 57.6 Å². The van der Waals surface area contributed by atoms with E-state index in [-0.39, 0.29) is 30.3 Å². The summed E-state index contributed by atoms with van der Waals surface area (Å²) < 4.78 is 0. The van der Waals surface area contributed by atoms with Crippen molar-refractivity contribution in [3.05, 3.63) is 41.6 Å². The number of fused-ring (bicyclic) bond motifs is 1. The van der Waals surface area contributed by atoms with Gasteiger partial charge in [-0.1, -0.05) is 18.2 Å². The molecule has 0 bridgehead atoms. The number of para-hydroxylation sites is 1. The predicted molar refractivity (Wildman–Crippen MR) is 121 cm³/mol. The first-order chi connectivity index (χ1) is 14.8. The van der Waals surface area contributed by atoms with Gasteiger partial charge in [-0.15, -0.1) is 0 Å². The highest BCUT2D eigenvalue weighted by Crippen LogP contribution is 2.36. The summed E-state index contributed by atoms with van der Waals surface area (Å²) in [4.78, 5) is 40.4. The zero-order chi connectivity index (χ0) is 22.4. The van der Waals surface area contributed by atoms with E-state index in [1.54, 1.807) is 0 Å². The lowest BCUT2D eigenvalue weighted by molar-refractivity contribution is -0.125. The Hall–Kier alpha value is -2.96. The van der Waals surface area contributed by atoms with Crippen molar-refractivity contribution in [2.24, 2.45) is 5.92 Å². The number of pyridine rings is 1. The van der Waals surface area contributed by atoms with Gasteiger partial charge in [0, 0.05) is 36.5 Å². The smallest absolute Gasteiger partial charge is 0.252 e. The van der Waals surface area contributed by atoms with Gasteiger partial charge in [0.25, 0.3) is 5.91 Å². The maximum absolute atomic E-state index is 12.8. The molecule has 7 nitrogen and oxygen atoms in total. The van der Waals surface area contributed by atoms with E-state index in [1.807, 2.05) is 44.2 Å². The van der Waals surface area contributed by atoms with Gasteiger partial charge in [0.1, 0.15) is 0 Å². The molecule has 1 heterocycles. The summed E-state index contributed by atoms with van der Waals surface area (Å²) in [5.41, 5.74) is 2.50. The number of aromatic nitrogens is 1. The molecule has 0 atom stereocenters. The summed E-state index contributed by atoms with van der Waals surface area (Å²) in [6, 6.07) is 9.81. The van der Waals surface area contributed by atoms with Crippen molar-refractivity contribution in [2.75, 3.05) is 13.1 Å². The molecule has 0 radical (unpaired) electrons. The minimum Gasteiger partial charge on any atom is -0.354 e. The fourth-order valence-electron chi connectivity index (χ4n) is 4.12. The van der Waals surface area contributed by atoms with Gasteiger partial charge < -0.3 is 16.0 Å². The van der Waals surface area contributed by atoms with Crippen LogP contribution in [0.5, 0.6) is 0 Å². The average molecular weight is 425 g/mol. The molecule has 3 rings (SSSR count). The molecule has 3 N–H and O–H groups in total. The number of benzene rings is 1. The zero-order valence-electron chi connectivity index (χ0n) is 18.5. The van der Waals surface area contributed by atoms with Gasteiger partial charge in [0.05, 0.1) is 17.6 Å². The van der Waals surface area contributed by atoms with E-state index in [2.05, 4.69) is 16.0 Å². The predicted octanol–water partition coefficient (Wildman–Crippen LogP) is 2.90. The quantitative estimate of drug-likeness (QED) is 0.636. The van der Waals surface area contributed by atoms with Crippen molar-refractivity contribution in [1.29, 1.82) is 0 Å². The summed E-state index contributed by atoms with van der Waals surface area (Å²) in [5, 5.41) is 9.29. The number of nitrogens with zero attached hydrogens (tertiary/aromatic N) is 1. The number of rotatable bonds is 7. The van der Waals surface area contributed by atoms with E-state index in [0.29, 0.717) is 23.9 Å². The summed E-state index contributed by atoms with van der Waals surface area (Å²) in [5.74, 6) is 0.294. The Bertz CT molecular complexity index is 949. The molecule has 31 heavy (non-hydrogen) atoms. The lowest BCUT2D eigenvalue weighted by Gasteiger charge is -2.28. The van der Waals surface area contributed by atoms with Crippen molar-refractivity contribution >= 4 is 28.6 Å². The SMILES string of the molecule is CC(=O)NCC(=O)NCC1CCC(c2cc(C(=O)NC(C)C)c3ccccc3n2)CC1. The second kappa shape index (κ2) is 10.4. The molecule has 1 fully saturated rings. The minimum absolute atomic E-state index is 0.0207. The molecule has 0 spiro atoms. The third-order valence-corrected chi connectivity index (χ3v) is 5.75. The third kappa shape index (κ3) is 6.26. The Morgan fingerprint density at radius 1 is 1.06 bits per heavy atom. The number of hydrogen-bond donors (Lipinski definition) is 3. The number of amides is 3. The standard InChI is InChI=1S/C24H32N4O3/c1-15(2)27-24(31)20-12-22(28-21-7-5-4-6-19(20)21)18-10-8-17(9-11-18)13-26-23(30)14-25-16(3)29/h4-7,12,15,17-18H,8-11,13-14H2,1-3H3,(H,25,29)(H,26,30)(H,27,31). The maximum atomic E-state index is 12.8. The van der Waals surface area contributed by atoms with Gasteiger partial charge in [0.2, 0.25) is 11.8 Å². The van der Waals surface area contributed by atoms with E-state index >= 15 is 0 Å². The summed E-state index contributed by atoms with van der Waals surface area (Å²) in [7, 11) is 0. The lowest BCUT2D eigenvalue weighted by atomic mass is 9.80.